The van der Waals surface area contributed by atoms with E-state index in [1.165, 1.54) is 0 Å². The number of benzene rings is 1. The van der Waals surface area contributed by atoms with E-state index < -0.39 is 21.8 Å². The molecule has 1 unspecified atom stereocenters. The van der Waals surface area contributed by atoms with Gasteiger partial charge in [0.15, 0.2) is 9.84 Å². The van der Waals surface area contributed by atoms with E-state index in [9.17, 15) is 13.2 Å². The molecule has 1 aromatic carbocycles. The first kappa shape index (κ1) is 14.2. The fourth-order valence-corrected chi connectivity index (χ4v) is 4.00. The topological polar surface area (TPSA) is 102 Å². The summed E-state index contributed by atoms with van der Waals surface area (Å²) < 4.78 is 22.7. The average Bonchev–Trinajstić information content (AvgIpc) is 2.77. The number of hydrogen-bond acceptors (Lipinski definition) is 6. The molecule has 1 aromatic heterocycles. The van der Waals surface area contributed by atoms with E-state index in [0.29, 0.717) is 22.5 Å². The molecule has 0 radical (unpaired) electrons. The van der Waals surface area contributed by atoms with Crippen LogP contribution in [0, 0.1) is 0 Å². The van der Waals surface area contributed by atoms with Crippen molar-refractivity contribution in [3.63, 3.8) is 0 Å². The van der Waals surface area contributed by atoms with Crippen LogP contribution < -0.4 is 5.32 Å². The van der Waals surface area contributed by atoms with Gasteiger partial charge in [0.1, 0.15) is 5.52 Å². The summed E-state index contributed by atoms with van der Waals surface area (Å²) in [6, 6.07) is 4.50. The summed E-state index contributed by atoms with van der Waals surface area (Å²) in [6.07, 6.45) is 0.404. The van der Waals surface area contributed by atoms with Gasteiger partial charge in [-0.05, 0) is 24.6 Å². The summed E-state index contributed by atoms with van der Waals surface area (Å²) >= 11 is 5.86. The zero-order valence-electron chi connectivity index (χ0n) is 10.8. The van der Waals surface area contributed by atoms with Crippen molar-refractivity contribution in [1.82, 2.24) is 20.5 Å². The average molecular weight is 327 g/mol. The Morgan fingerprint density at radius 3 is 2.81 bits per heavy atom. The Bertz CT molecular complexity index is 824. The molecule has 1 amide bonds. The van der Waals surface area contributed by atoms with E-state index in [1.807, 2.05) is 0 Å². The van der Waals surface area contributed by atoms with Gasteiger partial charge >= 0.3 is 0 Å². The van der Waals surface area contributed by atoms with Crippen LogP contribution in [0.1, 0.15) is 17.0 Å². The van der Waals surface area contributed by atoms with Crippen molar-refractivity contribution in [3.8, 4) is 0 Å². The Labute approximate surface area is 125 Å². The highest BCUT2D eigenvalue weighted by molar-refractivity contribution is 7.91. The molecule has 1 aliphatic heterocycles. The third kappa shape index (κ3) is 3.11. The van der Waals surface area contributed by atoms with E-state index in [0.717, 1.165) is 0 Å². The normalized spacial score (nSPS) is 20.5. The van der Waals surface area contributed by atoms with Crippen molar-refractivity contribution in [2.45, 2.75) is 12.5 Å². The maximum absolute atomic E-state index is 12.0. The predicted molar refractivity (Wildman–Crippen MR) is 76.9 cm³/mol. The van der Waals surface area contributed by atoms with Crippen LogP contribution in [0.5, 0.6) is 0 Å². The molecule has 9 heteroatoms. The van der Waals surface area contributed by atoms with Crippen LogP contribution in [0.2, 0.25) is 5.02 Å². The van der Waals surface area contributed by atoms with Gasteiger partial charge in [0.2, 0.25) is 5.82 Å². The Morgan fingerprint density at radius 2 is 2.10 bits per heavy atom. The molecule has 0 aliphatic carbocycles. The number of nitrogens with one attached hydrogen (secondary N) is 1. The fourth-order valence-electron chi connectivity index (χ4n) is 2.16. The van der Waals surface area contributed by atoms with Crippen LogP contribution >= 0.6 is 11.6 Å². The molecular formula is C12H11ClN4O3S. The van der Waals surface area contributed by atoms with Gasteiger partial charge in [0.25, 0.3) is 5.91 Å². The predicted octanol–water partition coefficient (Wildman–Crippen LogP) is 0.595. The number of carbonyl (C=O) groups excluding carboxylic acids is 1. The Kier molecular flexibility index (Phi) is 3.50. The van der Waals surface area contributed by atoms with Gasteiger partial charge in [-0.1, -0.05) is 11.6 Å². The van der Waals surface area contributed by atoms with E-state index in [1.54, 1.807) is 18.2 Å². The van der Waals surface area contributed by atoms with Crippen molar-refractivity contribution in [1.29, 1.82) is 0 Å². The lowest BCUT2D eigenvalue weighted by Crippen LogP contribution is -2.36. The highest BCUT2D eigenvalue weighted by Crippen LogP contribution is 2.15. The lowest BCUT2D eigenvalue weighted by molar-refractivity contribution is 0.0930. The number of aromatic nitrogens is 3. The van der Waals surface area contributed by atoms with Crippen molar-refractivity contribution >= 4 is 38.4 Å². The first-order valence-electron chi connectivity index (χ1n) is 6.24. The second-order valence-electron chi connectivity index (χ2n) is 4.84. The van der Waals surface area contributed by atoms with Gasteiger partial charge in [-0.3, -0.25) is 4.79 Å². The lowest BCUT2D eigenvalue weighted by atomic mass is 10.2. The number of amides is 1. The van der Waals surface area contributed by atoms with Crippen LogP contribution in [-0.2, 0) is 9.84 Å². The molecule has 3 rings (SSSR count). The molecule has 0 bridgehead atoms. The zero-order chi connectivity index (χ0) is 15.0. The minimum atomic E-state index is -3.05. The Morgan fingerprint density at radius 1 is 1.29 bits per heavy atom. The van der Waals surface area contributed by atoms with Gasteiger partial charge in [-0.15, -0.1) is 10.2 Å². The number of fused-ring (bicyclic) bond motifs is 1. The number of nitrogens with zero attached hydrogens (tertiary/aromatic N) is 3. The van der Waals surface area contributed by atoms with E-state index >= 15 is 0 Å². The minimum absolute atomic E-state index is 0.0500. The van der Waals surface area contributed by atoms with Crippen molar-refractivity contribution in [3.05, 3.63) is 29.0 Å². The standard InChI is InChI=1S/C12H11ClN4O3S/c13-7-1-2-9-10(5-7)15-11(17-16-9)12(18)14-8-3-4-21(19,20)6-8/h1-2,5,8H,3-4,6H2,(H,14,18). The van der Waals surface area contributed by atoms with Crippen LogP contribution in [0.25, 0.3) is 11.0 Å². The van der Waals surface area contributed by atoms with Crippen molar-refractivity contribution in [2.24, 2.45) is 0 Å². The van der Waals surface area contributed by atoms with Crippen LogP contribution in [0.15, 0.2) is 18.2 Å². The number of halogens is 1. The molecule has 1 saturated heterocycles. The van der Waals surface area contributed by atoms with Gasteiger partial charge in [-0.25, -0.2) is 13.4 Å². The second-order valence-corrected chi connectivity index (χ2v) is 7.51. The van der Waals surface area contributed by atoms with Gasteiger partial charge < -0.3 is 5.32 Å². The first-order chi connectivity index (χ1) is 9.93. The lowest BCUT2D eigenvalue weighted by Gasteiger charge is -2.09. The van der Waals surface area contributed by atoms with Gasteiger partial charge in [0.05, 0.1) is 17.0 Å². The molecule has 1 aliphatic rings. The number of carbonyl (C=O) groups is 1. The smallest absolute Gasteiger partial charge is 0.291 e. The number of sulfone groups is 1. The molecule has 1 N–H and O–H groups in total. The van der Waals surface area contributed by atoms with Crippen molar-refractivity contribution < 1.29 is 13.2 Å². The molecule has 1 atom stereocenters. The maximum Gasteiger partial charge on any atom is 0.291 e. The Balaban J connectivity index is 1.81. The monoisotopic (exact) mass is 326 g/mol. The van der Waals surface area contributed by atoms with E-state index in [-0.39, 0.29) is 17.3 Å². The first-order valence-corrected chi connectivity index (χ1v) is 8.44. The molecule has 7 nitrogen and oxygen atoms in total. The molecule has 110 valence electrons. The molecular weight excluding hydrogens is 316 g/mol. The van der Waals surface area contributed by atoms with Gasteiger partial charge in [-0.2, -0.15) is 0 Å². The largest absolute Gasteiger partial charge is 0.345 e. The van der Waals surface area contributed by atoms with Crippen LogP contribution in [0.3, 0.4) is 0 Å². The molecule has 2 heterocycles. The Hall–Kier alpha value is -1.80. The summed E-state index contributed by atoms with van der Waals surface area (Å²) in [5.41, 5.74) is 0.987. The number of rotatable bonds is 2. The molecule has 0 spiro atoms. The summed E-state index contributed by atoms with van der Waals surface area (Å²) in [7, 11) is -3.05. The molecule has 0 saturated carbocycles. The third-order valence-corrected chi connectivity index (χ3v) is 5.19. The van der Waals surface area contributed by atoms with Crippen LogP contribution in [-0.4, -0.2) is 47.1 Å². The summed E-state index contributed by atoms with van der Waals surface area (Å²) in [5.74, 6) is -0.601. The van der Waals surface area contributed by atoms with Crippen LogP contribution in [0.4, 0.5) is 0 Å². The molecule has 1 fully saturated rings. The summed E-state index contributed by atoms with van der Waals surface area (Å²) in [5, 5.41) is 10.7. The third-order valence-electron chi connectivity index (χ3n) is 3.19. The minimum Gasteiger partial charge on any atom is -0.345 e. The summed E-state index contributed by atoms with van der Waals surface area (Å²) in [6.45, 7) is 0. The fraction of sp³-hybridized carbons (Fsp3) is 0.333. The zero-order valence-corrected chi connectivity index (χ0v) is 12.4. The quantitative estimate of drug-likeness (QED) is 0.866. The number of hydrogen-bond donors (Lipinski definition) is 1. The highest BCUT2D eigenvalue weighted by atomic mass is 35.5. The second kappa shape index (κ2) is 5.19. The van der Waals surface area contributed by atoms with Crippen molar-refractivity contribution in [2.75, 3.05) is 11.5 Å². The van der Waals surface area contributed by atoms with Gasteiger partial charge in [0, 0.05) is 11.1 Å². The SMILES string of the molecule is O=C(NC1CCS(=O)(=O)C1)c1nnc2ccc(Cl)cc2n1. The molecule has 2 aromatic rings. The highest BCUT2D eigenvalue weighted by Gasteiger charge is 2.29. The van der Waals surface area contributed by atoms with E-state index in [4.69, 9.17) is 11.6 Å². The summed E-state index contributed by atoms with van der Waals surface area (Å²) in [4.78, 5) is 16.1. The maximum atomic E-state index is 12.0. The van der Waals surface area contributed by atoms with E-state index in [2.05, 4.69) is 20.5 Å². The molecule has 21 heavy (non-hydrogen) atoms.